The van der Waals surface area contributed by atoms with Gasteiger partial charge in [-0.2, -0.15) is 0 Å². The lowest BCUT2D eigenvalue weighted by molar-refractivity contribution is 0.174. The first kappa shape index (κ1) is 10.4. The molecule has 1 aromatic rings. The first-order valence-electron chi connectivity index (χ1n) is 5.64. The average molecular weight is 284 g/mol. The molecular formula is C12H14BrNO2. The van der Waals surface area contributed by atoms with Crippen LogP contribution in [0.1, 0.15) is 24.3 Å². The third kappa shape index (κ3) is 1.80. The van der Waals surface area contributed by atoms with Gasteiger partial charge in [0, 0.05) is 4.47 Å². The lowest BCUT2D eigenvalue weighted by atomic mass is 9.90. The van der Waals surface area contributed by atoms with Crippen molar-refractivity contribution in [2.75, 3.05) is 19.9 Å². The third-order valence-corrected chi connectivity index (χ3v) is 3.96. The van der Waals surface area contributed by atoms with Gasteiger partial charge in [-0.25, -0.2) is 0 Å². The second-order valence-electron chi connectivity index (χ2n) is 4.25. The molecule has 2 aliphatic heterocycles. The van der Waals surface area contributed by atoms with E-state index in [4.69, 9.17) is 9.47 Å². The van der Waals surface area contributed by atoms with Gasteiger partial charge >= 0.3 is 0 Å². The number of hydrogen-bond acceptors (Lipinski definition) is 3. The highest BCUT2D eigenvalue weighted by Gasteiger charge is 2.22. The predicted molar refractivity (Wildman–Crippen MR) is 65.1 cm³/mol. The summed E-state index contributed by atoms with van der Waals surface area (Å²) < 4.78 is 11.9. The van der Waals surface area contributed by atoms with Gasteiger partial charge in [-0.05, 0) is 49.5 Å². The van der Waals surface area contributed by atoms with Crippen LogP contribution >= 0.6 is 15.9 Å². The Kier molecular flexibility index (Phi) is 2.77. The zero-order valence-corrected chi connectivity index (χ0v) is 10.5. The van der Waals surface area contributed by atoms with Crippen LogP contribution in [0.4, 0.5) is 0 Å². The molecule has 0 aliphatic carbocycles. The van der Waals surface area contributed by atoms with E-state index >= 15 is 0 Å². The first-order valence-corrected chi connectivity index (χ1v) is 6.43. The molecule has 0 saturated carbocycles. The SMILES string of the molecule is Brc1cc2c(cc1C1CCNCC1)OCO2. The van der Waals surface area contributed by atoms with Crippen molar-refractivity contribution >= 4 is 15.9 Å². The normalized spacial score (nSPS) is 20.1. The molecule has 1 N–H and O–H groups in total. The van der Waals surface area contributed by atoms with Crippen LogP contribution in [0.15, 0.2) is 16.6 Å². The van der Waals surface area contributed by atoms with Gasteiger partial charge in [0.2, 0.25) is 6.79 Å². The Balaban J connectivity index is 1.94. The molecule has 2 aliphatic rings. The zero-order valence-electron chi connectivity index (χ0n) is 8.96. The molecule has 1 saturated heterocycles. The largest absolute Gasteiger partial charge is 0.454 e. The van der Waals surface area contributed by atoms with E-state index in [-0.39, 0.29) is 0 Å². The van der Waals surface area contributed by atoms with E-state index in [0.29, 0.717) is 12.7 Å². The number of halogens is 1. The molecule has 1 fully saturated rings. The summed E-state index contributed by atoms with van der Waals surface area (Å²) in [5.74, 6) is 2.37. The van der Waals surface area contributed by atoms with Gasteiger partial charge in [-0.3, -0.25) is 0 Å². The molecule has 1 aromatic carbocycles. The maximum Gasteiger partial charge on any atom is 0.231 e. The summed E-state index contributed by atoms with van der Waals surface area (Å²) in [6.45, 7) is 2.55. The topological polar surface area (TPSA) is 30.5 Å². The van der Waals surface area contributed by atoms with Crippen LogP contribution in [0, 0.1) is 0 Å². The molecule has 86 valence electrons. The summed E-state index contributed by atoms with van der Waals surface area (Å²) in [5, 5.41) is 3.39. The molecule has 2 heterocycles. The van der Waals surface area contributed by atoms with Crippen LogP contribution in [0.25, 0.3) is 0 Å². The maximum absolute atomic E-state index is 5.43. The van der Waals surface area contributed by atoms with Crippen molar-refractivity contribution in [1.29, 1.82) is 0 Å². The number of rotatable bonds is 1. The van der Waals surface area contributed by atoms with Gasteiger partial charge in [-0.1, -0.05) is 15.9 Å². The second-order valence-corrected chi connectivity index (χ2v) is 5.11. The van der Waals surface area contributed by atoms with Crippen LogP contribution in [0.3, 0.4) is 0 Å². The summed E-state index contributed by atoms with van der Waals surface area (Å²) in [4.78, 5) is 0. The molecule has 0 bridgehead atoms. The lowest BCUT2D eigenvalue weighted by Gasteiger charge is -2.24. The van der Waals surface area contributed by atoms with E-state index in [1.54, 1.807) is 0 Å². The third-order valence-electron chi connectivity index (χ3n) is 3.27. The fourth-order valence-electron chi connectivity index (χ4n) is 2.38. The van der Waals surface area contributed by atoms with Gasteiger partial charge < -0.3 is 14.8 Å². The summed E-state index contributed by atoms with van der Waals surface area (Å²) >= 11 is 3.63. The quantitative estimate of drug-likeness (QED) is 0.860. The van der Waals surface area contributed by atoms with Gasteiger partial charge in [0.25, 0.3) is 0 Å². The Labute approximate surface area is 103 Å². The van der Waals surface area contributed by atoms with E-state index in [1.165, 1.54) is 18.4 Å². The van der Waals surface area contributed by atoms with Crippen molar-refractivity contribution in [3.05, 3.63) is 22.2 Å². The number of ether oxygens (including phenoxy) is 2. The number of fused-ring (bicyclic) bond motifs is 1. The number of benzene rings is 1. The van der Waals surface area contributed by atoms with Crippen molar-refractivity contribution in [2.24, 2.45) is 0 Å². The van der Waals surface area contributed by atoms with Gasteiger partial charge in [-0.15, -0.1) is 0 Å². The highest BCUT2D eigenvalue weighted by Crippen LogP contribution is 2.41. The molecular weight excluding hydrogens is 270 g/mol. The molecule has 3 rings (SSSR count). The molecule has 16 heavy (non-hydrogen) atoms. The van der Waals surface area contributed by atoms with E-state index in [0.717, 1.165) is 29.1 Å². The molecule has 0 unspecified atom stereocenters. The fourth-order valence-corrected chi connectivity index (χ4v) is 3.02. The fraction of sp³-hybridized carbons (Fsp3) is 0.500. The monoisotopic (exact) mass is 283 g/mol. The van der Waals surface area contributed by atoms with Gasteiger partial charge in [0.1, 0.15) is 0 Å². The van der Waals surface area contributed by atoms with Crippen LogP contribution in [-0.2, 0) is 0 Å². The lowest BCUT2D eigenvalue weighted by Crippen LogP contribution is -2.26. The Morgan fingerprint density at radius 1 is 1.12 bits per heavy atom. The molecule has 0 amide bonds. The smallest absolute Gasteiger partial charge is 0.231 e. The minimum Gasteiger partial charge on any atom is -0.454 e. The Morgan fingerprint density at radius 3 is 2.56 bits per heavy atom. The van der Waals surface area contributed by atoms with Gasteiger partial charge in [0.15, 0.2) is 11.5 Å². The summed E-state index contributed by atoms with van der Waals surface area (Å²) in [7, 11) is 0. The Hall–Kier alpha value is -0.740. The second kappa shape index (κ2) is 4.26. The molecule has 0 spiro atoms. The summed E-state index contributed by atoms with van der Waals surface area (Å²) in [5.41, 5.74) is 1.35. The Bertz CT molecular complexity index is 402. The van der Waals surface area contributed by atoms with E-state index in [2.05, 4.69) is 27.3 Å². The van der Waals surface area contributed by atoms with Crippen molar-refractivity contribution in [3.63, 3.8) is 0 Å². The molecule has 0 atom stereocenters. The standard InChI is InChI=1S/C12H14BrNO2/c13-10-6-12-11(15-7-16-12)5-9(10)8-1-3-14-4-2-8/h5-6,8,14H,1-4,7H2. The molecule has 0 aromatic heterocycles. The van der Waals surface area contributed by atoms with E-state index < -0.39 is 0 Å². The molecule has 0 radical (unpaired) electrons. The van der Waals surface area contributed by atoms with Crippen molar-refractivity contribution in [2.45, 2.75) is 18.8 Å². The summed E-state index contributed by atoms with van der Waals surface area (Å²) in [6, 6.07) is 4.15. The van der Waals surface area contributed by atoms with Crippen molar-refractivity contribution < 1.29 is 9.47 Å². The zero-order chi connectivity index (χ0) is 11.0. The van der Waals surface area contributed by atoms with Crippen molar-refractivity contribution in [1.82, 2.24) is 5.32 Å². The predicted octanol–water partition coefficient (Wildman–Crippen LogP) is 2.64. The number of piperidine rings is 1. The van der Waals surface area contributed by atoms with Gasteiger partial charge in [0.05, 0.1) is 0 Å². The number of nitrogens with one attached hydrogen (secondary N) is 1. The van der Waals surface area contributed by atoms with Crippen LogP contribution in [0.5, 0.6) is 11.5 Å². The first-order chi connectivity index (χ1) is 7.84. The molecule has 3 nitrogen and oxygen atoms in total. The number of hydrogen-bond donors (Lipinski definition) is 1. The Morgan fingerprint density at radius 2 is 1.81 bits per heavy atom. The van der Waals surface area contributed by atoms with E-state index in [9.17, 15) is 0 Å². The highest BCUT2D eigenvalue weighted by molar-refractivity contribution is 9.10. The minimum atomic E-state index is 0.345. The van der Waals surface area contributed by atoms with Crippen LogP contribution < -0.4 is 14.8 Å². The maximum atomic E-state index is 5.43. The molecule has 4 heteroatoms. The minimum absolute atomic E-state index is 0.345. The highest BCUT2D eigenvalue weighted by atomic mass is 79.9. The van der Waals surface area contributed by atoms with E-state index in [1.807, 2.05) is 6.07 Å². The average Bonchev–Trinajstić information content (AvgIpc) is 2.76. The summed E-state index contributed by atoms with van der Waals surface area (Å²) in [6.07, 6.45) is 2.39. The van der Waals surface area contributed by atoms with Crippen LogP contribution in [-0.4, -0.2) is 19.9 Å². The van der Waals surface area contributed by atoms with Crippen molar-refractivity contribution in [3.8, 4) is 11.5 Å². The van der Waals surface area contributed by atoms with Crippen LogP contribution in [0.2, 0.25) is 0 Å².